The monoisotopic (exact) mass is 627 g/mol. The molecular weight excluding hydrogens is 585 g/mol. The van der Waals surface area contributed by atoms with Gasteiger partial charge in [-0.1, -0.05) is 50.2 Å². The fraction of sp³-hybridized carbons (Fsp3) is 0.424. The minimum atomic E-state index is -3.61. The highest BCUT2D eigenvalue weighted by molar-refractivity contribution is 7.92. The minimum Gasteiger partial charge on any atom is -0.487 e. The number of anilines is 2. The summed E-state index contributed by atoms with van der Waals surface area (Å²) >= 11 is 0. The second-order valence-corrected chi connectivity index (χ2v) is 13.6. The van der Waals surface area contributed by atoms with Gasteiger partial charge in [-0.2, -0.15) is 0 Å². The van der Waals surface area contributed by atoms with Crippen molar-refractivity contribution in [2.24, 2.45) is 0 Å². The van der Waals surface area contributed by atoms with Gasteiger partial charge in [-0.15, -0.1) is 0 Å². The molecule has 0 saturated heterocycles. The third-order valence-electron chi connectivity index (χ3n) is 8.04. The van der Waals surface area contributed by atoms with E-state index in [-0.39, 0.29) is 24.7 Å². The third-order valence-corrected chi connectivity index (χ3v) is 8.63. The van der Waals surface area contributed by atoms with E-state index in [2.05, 4.69) is 10.0 Å². The van der Waals surface area contributed by atoms with E-state index >= 15 is 0 Å². The number of aliphatic hydroxyl groups excluding tert-OH is 1. The Morgan fingerprint density at radius 2 is 1.77 bits per heavy atom. The van der Waals surface area contributed by atoms with Crippen LogP contribution in [0.25, 0.3) is 0 Å². The number of aliphatic hydroxyl groups is 1. The van der Waals surface area contributed by atoms with Gasteiger partial charge in [-0.05, 0) is 74.6 Å². The molecule has 0 saturated carbocycles. The van der Waals surface area contributed by atoms with Crippen LogP contribution in [-0.2, 0) is 27.0 Å². The van der Waals surface area contributed by atoms with Gasteiger partial charge in [0.2, 0.25) is 10.0 Å². The average Bonchev–Trinajstić information content (AvgIpc) is 2.98. The fourth-order valence-corrected chi connectivity index (χ4v) is 5.90. The van der Waals surface area contributed by atoms with Crippen molar-refractivity contribution in [2.45, 2.75) is 70.8 Å². The standard InChI is InChI=1S/C33H42FN3O6S/c1-6-33(7-2)26-20-25(34)14-15-28(26)37(31(39)43-33)18-17-32(3,4)35-21-29(38)24-13-16-30(27(19-24)36-44(5,40)41)42-22-23-11-9-8-10-12-23/h8-16,19-20,29,35-36,38H,6-7,17-18,21-22H2,1-5H3. The van der Waals surface area contributed by atoms with Crippen LogP contribution in [0.5, 0.6) is 5.75 Å². The van der Waals surface area contributed by atoms with Crippen molar-refractivity contribution >= 4 is 27.5 Å². The zero-order chi connectivity index (χ0) is 32.1. The Balaban J connectivity index is 1.43. The molecule has 0 spiro atoms. The van der Waals surface area contributed by atoms with Crippen LogP contribution in [0.3, 0.4) is 0 Å². The van der Waals surface area contributed by atoms with E-state index in [4.69, 9.17) is 9.47 Å². The first-order valence-corrected chi connectivity index (χ1v) is 16.7. The van der Waals surface area contributed by atoms with Crippen molar-refractivity contribution in [2.75, 3.05) is 29.0 Å². The summed E-state index contributed by atoms with van der Waals surface area (Å²) in [5, 5.41) is 14.4. The number of β-amino-alcohol motifs (C(OH)–C–C–N with tert-alkyl or cyclic N) is 1. The molecule has 3 N–H and O–H groups in total. The van der Waals surface area contributed by atoms with Crippen LogP contribution in [0.2, 0.25) is 0 Å². The number of hydrogen-bond acceptors (Lipinski definition) is 7. The van der Waals surface area contributed by atoms with Gasteiger partial charge < -0.3 is 19.9 Å². The number of ether oxygens (including phenoxy) is 2. The van der Waals surface area contributed by atoms with Crippen LogP contribution >= 0.6 is 0 Å². The van der Waals surface area contributed by atoms with E-state index in [1.54, 1.807) is 24.3 Å². The second kappa shape index (κ2) is 13.5. The van der Waals surface area contributed by atoms with E-state index in [1.807, 2.05) is 58.0 Å². The summed E-state index contributed by atoms with van der Waals surface area (Å²) in [6.45, 7) is 8.48. The molecule has 3 aromatic rings. The SMILES string of the molecule is CCC1(CC)OC(=O)N(CCC(C)(C)NCC(O)c2ccc(OCc3ccccc3)c(NS(C)(=O)=O)c2)c2ccc(F)cc21. The number of rotatable bonds is 14. The predicted octanol–water partition coefficient (Wildman–Crippen LogP) is 6.24. The largest absolute Gasteiger partial charge is 0.487 e. The maximum Gasteiger partial charge on any atom is 0.415 e. The number of sulfonamides is 1. The summed E-state index contributed by atoms with van der Waals surface area (Å²) in [5.74, 6) is -0.0400. The molecule has 0 radical (unpaired) electrons. The lowest BCUT2D eigenvalue weighted by Crippen LogP contribution is -2.49. The molecule has 44 heavy (non-hydrogen) atoms. The molecule has 0 bridgehead atoms. The highest BCUT2D eigenvalue weighted by Gasteiger charge is 2.43. The summed E-state index contributed by atoms with van der Waals surface area (Å²) in [5.41, 5.74) is 1.58. The molecule has 1 amide bonds. The first-order valence-electron chi connectivity index (χ1n) is 14.8. The number of nitrogens with one attached hydrogen (secondary N) is 2. The van der Waals surface area contributed by atoms with Gasteiger partial charge in [0.15, 0.2) is 0 Å². The average molecular weight is 628 g/mol. The van der Waals surface area contributed by atoms with Crippen LogP contribution in [0.4, 0.5) is 20.6 Å². The van der Waals surface area contributed by atoms with Crippen LogP contribution in [0.15, 0.2) is 66.7 Å². The molecule has 9 nitrogen and oxygen atoms in total. The highest BCUT2D eigenvalue weighted by atomic mass is 32.2. The van der Waals surface area contributed by atoms with Crippen molar-refractivity contribution in [1.29, 1.82) is 0 Å². The van der Waals surface area contributed by atoms with E-state index in [9.17, 15) is 22.7 Å². The van der Waals surface area contributed by atoms with Gasteiger partial charge in [-0.3, -0.25) is 9.62 Å². The van der Waals surface area contributed by atoms with Crippen LogP contribution in [-0.4, -0.2) is 44.5 Å². The zero-order valence-electron chi connectivity index (χ0n) is 25.9. The van der Waals surface area contributed by atoms with Gasteiger partial charge in [0, 0.05) is 24.2 Å². The molecule has 1 aliphatic heterocycles. The molecule has 238 valence electrons. The smallest absolute Gasteiger partial charge is 0.415 e. The summed E-state index contributed by atoms with van der Waals surface area (Å²) in [6, 6.07) is 18.8. The second-order valence-electron chi connectivity index (χ2n) is 11.8. The van der Waals surface area contributed by atoms with E-state index in [0.29, 0.717) is 48.4 Å². The Morgan fingerprint density at radius 3 is 2.43 bits per heavy atom. The predicted molar refractivity (Wildman–Crippen MR) is 170 cm³/mol. The number of cyclic esters (lactones) is 1. The molecule has 4 rings (SSSR count). The van der Waals surface area contributed by atoms with E-state index in [1.165, 1.54) is 17.0 Å². The third kappa shape index (κ3) is 8.08. The number of carbonyl (C=O) groups is 1. The first-order chi connectivity index (χ1) is 20.8. The lowest BCUT2D eigenvalue weighted by Gasteiger charge is -2.42. The van der Waals surface area contributed by atoms with Gasteiger partial charge in [0.25, 0.3) is 0 Å². The molecule has 1 unspecified atom stereocenters. The first kappa shape index (κ1) is 33.2. The van der Waals surface area contributed by atoms with Gasteiger partial charge in [0.1, 0.15) is 23.8 Å². The number of amides is 1. The molecule has 0 aromatic heterocycles. The number of hydrogen-bond donors (Lipinski definition) is 3. The molecule has 0 fully saturated rings. The molecule has 1 heterocycles. The lowest BCUT2D eigenvalue weighted by atomic mass is 9.85. The maximum atomic E-state index is 14.2. The number of fused-ring (bicyclic) bond motifs is 1. The van der Waals surface area contributed by atoms with Crippen LogP contribution in [0, 0.1) is 5.82 Å². The highest BCUT2D eigenvalue weighted by Crippen LogP contribution is 2.44. The zero-order valence-corrected chi connectivity index (χ0v) is 26.7. The molecule has 0 aliphatic carbocycles. The van der Waals surface area contributed by atoms with E-state index < -0.39 is 33.4 Å². The van der Waals surface area contributed by atoms with E-state index in [0.717, 1.165) is 11.8 Å². The normalized spacial score (nSPS) is 15.3. The Labute approximate surface area is 259 Å². The van der Waals surface area contributed by atoms with Crippen molar-refractivity contribution < 1.29 is 32.2 Å². The Morgan fingerprint density at radius 1 is 1.07 bits per heavy atom. The van der Waals surface area contributed by atoms with Gasteiger partial charge in [0.05, 0.1) is 23.7 Å². The summed E-state index contributed by atoms with van der Waals surface area (Å²) in [7, 11) is -3.61. The Hall–Kier alpha value is -3.67. The van der Waals surface area contributed by atoms with Crippen molar-refractivity contribution in [1.82, 2.24) is 5.32 Å². The number of halogens is 1. The van der Waals surface area contributed by atoms with Crippen molar-refractivity contribution in [3.05, 3.63) is 89.2 Å². The minimum absolute atomic E-state index is 0.163. The number of nitrogens with zero attached hydrogens (tertiary/aromatic N) is 1. The number of carbonyl (C=O) groups excluding carboxylic acids is 1. The van der Waals surface area contributed by atoms with Gasteiger partial charge in [-0.25, -0.2) is 17.6 Å². The Bertz CT molecular complexity index is 1560. The Kier molecular flexibility index (Phi) is 10.2. The maximum absolute atomic E-state index is 14.2. The van der Waals surface area contributed by atoms with Gasteiger partial charge >= 0.3 is 6.09 Å². The molecule has 11 heteroatoms. The van der Waals surface area contributed by atoms with Crippen LogP contribution < -0.4 is 19.7 Å². The fourth-order valence-electron chi connectivity index (χ4n) is 5.34. The molecule has 1 atom stereocenters. The van der Waals surface area contributed by atoms with Crippen molar-refractivity contribution in [3.63, 3.8) is 0 Å². The topological polar surface area (TPSA) is 117 Å². The molecule has 3 aromatic carbocycles. The summed E-state index contributed by atoms with van der Waals surface area (Å²) in [4.78, 5) is 14.7. The number of benzene rings is 3. The quantitative estimate of drug-likeness (QED) is 0.194. The molecule has 1 aliphatic rings. The summed E-state index contributed by atoms with van der Waals surface area (Å²) < 4.78 is 52.6. The molecular formula is C33H42FN3O6S. The lowest BCUT2D eigenvalue weighted by molar-refractivity contribution is -0.00159. The van der Waals surface area contributed by atoms with Crippen molar-refractivity contribution in [3.8, 4) is 5.75 Å². The van der Waals surface area contributed by atoms with Crippen LogP contribution in [0.1, 0.15) is 69.8 Å². The summed E-state index contributed by atoms with van der Waals surface area (Å²) in [6.07, 6.45) is 1.20.